The molecule has 1 aliphatic carbocycles. The highest BCUT2D eigenvalue weighted by molar-refractivity contribution is 5.10. The van der Waals surface area contributed by atoms with Crippen molar-refractivity contribution in [3.8, 4) is 0 Å². The molecule has 0 aromatic carbocycles. The number of hydrogen-bond donors (Lipinski definition) is 0. The molecule has 0 amide bonds. The maximum atomic E-state index is 13.1. The molecule has 0 spiro atoms. The van der Waals surface area contributed by atoms with Crippen LogP contribution >= 0.6 is 0 Å². The molecule has 1 aliphatic rings. The first-order chi connectivity index (χ1) is 9.83. The van der Waals surface area contributed by atoms with Crippen molar-refractivity contribution in [2.45, 2.75) is 55.1 Å². The smallest absolute Gasteiger partial charge is 0.200 e. The zero-order valence-corrected chi connectivity index (χ0v) is 10.6. The Labute approximate surface area is 119 Å². The standard InChI is InChI=1S/C10H7F13/c11-5(12,3-4-1-2-4)6(13,14)7(15,16)8(17,18)9(19,20)10(21,22)23/h4H,1-3H2. The van der Waals surface area contributed by atoms with Crippen LogP contribution in [0.1, 0.15) is 19.3 Å². The van der Waals surface area contributed by atoms with Gasteiger partial charge in [-0.15, -0.1) is 0 Å². The molecule has 0 heterocycles. The fraction of sp³-hybridized carbons (Fsp3) is 1.00. The SMILES string of the molecule is FC(F)(F)C(F)(F)C(F)(F)C(F)(F)C(F)(F)C(F)(F)CC1CC1. The highest BCUT2D eigenvalue weighted by atomic mass is 19.4. The zero-order chi connectivity index (χ0) is 18.7. The fourth-order valence-electron chi connectivity index (χ4n) is 1.61. The van der Waals surface area contributed by atoms with Crippen LogP contribution in [-0.2, 0) is 0 Å². The van der Waals surface area contributed by atoms with Crippen LogP contribution in [0.4, 0.5) is 57.1 Å². The maximum Gasteiger partial charge on any atom is 0.460 e. The molecule has 0 aromatic rings. The highest BCUT2D eigenvalue weighted by Crippen LogP contribution is 2.61. The third-order valence-corrected chi connectivity index (χ3v) is 3.24. The van der Waals surface area contributed by atoms with E-state index >= 15 is 0 Å². The topological polar surface area (TPSA) is 0 Å². The minimum Gasteiger partial charge on any atom is -0.200 e. The molecule has 0 N–H and O–H groups in total. The van der Waals surface area contributed by atoms with E-state index in [0.717, 1.165) is 0 Å². The molecule has 1 rings (SSSR count). The van der Waals surface area contributed by atoms with Gasteiger partial charge in [-0.3, -0.25) is 0 Å². The number of hydrogen-bond acceptors (Lipinski definition) is 0. The number of rotatable bonds is 6. The lowest BCUT2D eigenvalue weighted by atomic mass is 9.91. The Balaban J connectivity index is 3.30. The van der Waals surface area contributed by atoms with Crippen molar-refractivity contribution in [2.75, 3.05) is 0 Å². The second-order valence-electron chi connectivity index (χ2n) is 5.15. The van der Waals surface area contributed by atoms with Gasteiger partial charge in [0.05, 0.1) is 0 Å². The van der Waals surface area contributed by atoms with E-state index in [-0.39, 0.29) is 12.8 Å². The third-order valence-electron chi connectivity index (χ3n) is 3.24. The van der Waals surface area contributed by atoms with Crippen molar-refractivity contribution < 1.29 is 57.1 Å². The summed E-state index contributed by atoms with van der Waals surface area (Å²) in [6.07, 6.45) is -9.64. The first-order valence-electron chi connectivity index (χ1n) is 5.79. The lowest BCUT2D eigenvalue weighted by molar-refractivity contribution is -0.440. The second kappa shape index (κ2) is 5.04. The summed E-state index contributed by atoms with van der Waals surface area (Å²) in [4.78, 5) is 0. The molecule has 13 heteroatoms. The Kier molecular flexibility index (Phi) is 4.41. The van der Waals surface area contributed by atoms with Gasteiger partial charge >= 0.3 is 35.8 Å². The Morgan fingerprint density at radius 2 is 0.870 bits per heavy atom. The summed E-state index contributed by atoms with van der Waals surface area (Å²) in [6.45, 7) is 0. The van der Waals surface area contributed by atoms with Gasteiger partial charge in [-0.2, -0.15) is 57.1 Å². The summed E-state index contributed by atoms with van der Waals surface area (Å²) in [5.41, 5.74) is 0. The fourth-order valence-corrected chi connectivity index (χ4v) is 1.61. The van der Waals surface area contributed by atoms with Gasteiger partial charge in [-0.1, -0.05) is 0 Å². The van der Waals surface area contributed by atoms with E-state index in [1.54, 1.807) is 0 Å². The van der Waals surface area contributed by atoms with E-state index in [2.05, 4.69) is 0 Å². The normalized spacial score (nSPS) is 19.2. The zero-order valence-electron chi connectivity index (χ0n) is 10.6. The predicted molar refractivity (Wildman–Crippen MR) is 48.1 cm³/mol. The van der Waals surface area contributed by atoms with Crippen LogP contribution in [0.5, 0.6) is 0 Å². The van der Waals surface area contributed by atoms with Crippen LogP contribution in [0.25, 0.3) is 0 Å². The van der Waals surface area contributed by atoms with Crippen molar-refractivity contribution in [3.63, 3.8) is 0 Å². The van der Waals surface area contributed by atoms with Crippen LogP contribution in [0, 0.1) is 5.92 Å². The Hall–Kier alpha value is -0.910. The summed E-state index contributed by atoms with van der Waals surface area (Å²) in [5, 5.41) is 0. The summed E-state index contributed by atoms with van der Waals surface area (Å²) in [6, 6.07) is 0. The van der Waals surface area contributed by atoms with Gasteiger partial charge in [0, 0.05) is 6.42 Å². The quantitative estimate of drug-likeness (QED) is 0.537. The van der Waals surface area contributed by atoms with Gasteiger partial charge in [0.2, 0.25) is 0 Å². The second-order valence-corrected chi connectivity index (χ2v) is 5.15. The first-order valence-corrected chi connectivity index (χ1v) is 5.79. The summed E-state index contributed by atoms with van der Waals surface area (Å²) < 4.78 is 164. The number of alkyl halides is 13. The number of halogens is 13. The van der Waals surface area contributed by atoms with E-state index in [1.165, 1.54) is 0 Å². The molecule has 0 aromatic heterocycles. The average Bonchev–Trinajstić information content (AvgIpc) is 3.09. The van der Waals surface area contributed by atoms with Crippen molar-refractivity contribution >= 4 is 0 Å². The summed E-state index contributed by atoms with van der Waals surface area (Å²) >= 11 is 0. The van der Waals surface area contributed by atoms with Crippen LogP contribution in [0.3, 0.4) is 0 Å². The molecule has 1 saturated carbocycles. The monoisotopic (exact) mass is 374 g/mol. The molecule has 138 valence electrons. The lowest BCUT2D eigenvalue weighted by Crippen LogP contribution is -2.70. The largest absolute Gasteiger partial charge is 0.460 e. The summed E-state index contributed by atoms with van der Waals surface area (Å²) in [7, 11) is 0. The molecule has 0 radical (unpaired) electrons. The van der Waals surface area contributed by atoms with E-state index in [1.807, 2.05) is 0 Å². The predicted octanol–water partition coefficient (Wildman–Crippen LogP) is 5.53. The van der Waals surface area contributed by atoms with Gasteiger partial charge in [0.15, 0.2) is 0 Å². The first kappa shape index (κ1) is 20.1. The lowest BCUT2D eigenvalue weighted by Gasteiger charge is -2.39. The Morgan fingerprint density at radius 3 is 1.17 bits per heavy atom. The average molecular weight is 374 g/mol. The van der Waals surface area contributed by atoms with E-state index < -0.39 is 48.1 Å². The van der Waals surface area contributed by atoms with Crippen molar-refractivity contribution in [2.24, 2.45) is 5.92 Å². The molecule has 23 heavy (non-hydrogen) atoms. The minimum absolute atomic E-state index is 0.119. The van der Waals surface area contributed by atoms with Crippen molar-refractivity contribution in [3.05, 3.63) is 0 Å². The van der Waals surface area contributed by atoms with Gasteiger partial charge in [-0.25, -0.2) is 0 Å². The summed E-state index contributed by atoms with van der Waals surface area (Å²) in [5.74, 6) is -37.4. The molecule has 0 unspecified atom stereocenters. The van der Waals surface area contributed by atoms with Crippen LogP contribution < -0.4 is 0 Å². The molecular formula is C10H7F13. The van der Waals surface area contributed by atoms with Crippen molar-refractivity contribution in [1.82, 2.24) is 0 Å². The van der Waals surface area contributed by atoms with Gasteiger partial charge in [-0.05, 0) is 18.8 Å². The molecular weight excluding hydrogens is 367 g/mol. The molecule has 0 saturated heterocycles. The highest BCUT2D eigenvalue weighted by Gasteiger charge is 2.90. The van der Waals surface area contributed by atoms with Gasteiger partial charge in [0.1, 0.15) is 0 Å². The van der Waals surface area contributed by atoms with Crippen LogP contribution in [0.2, 0.25) is 0 Å². The van der Waals surface area contributed by atoms with Crippen LogP contribution in [-0.4, -0.2) is 35.8 Å². The molecule has 0 atom stereocenters. The Bertz CT molecular complexity index is 442. The molecule has 0 aliphatic heterocycles. The maximum absolute atomic E-state index is 13.1. The minimum atomic E-state index is -7.80. The van der Waals surface area contributed by atoms with E-state index in [0.29, 0.717) is 0 Å². The van der Waals surface area contributed by atoms with E-state index in [9.17, 15) is 57.1 Å². The Morgan fingerprint density at radius 1 is 0.522 bits per heavy atom. The van der Waals surface area contributed by atoms with E-state index in [4.69, 9.17) is 0 Å². The van der Waals surface area contributed by atoms with Gasteiger partial charge in [0.25, 0.3) is 0 Å². The molecule has 0 bridgehead atoms. The van der Waals surface area contributed by atoms with Crippen LogP contribution in [0.15, 0.2) is 0 Å². The third kappa shape index (κ3) is 2.83. The van der Waals surface area contributed by atoms with Crippen molar-refractivity contribution in [1.29, 1.82) is 0 Å². The molecule has 1 fully saturated rings. The van der Waals surface area contributed by atoms with Gasteiger partial charge < -0.3 is 0 Å². The molecule has 0 nitrogen and oxygen atoms in total.